The van der Waals surface area contributed by atoms with Crippen molar-refractivity contribution in [3.8, 4) is 23.0 Å². The smallest absolute Gasteiger partial charge is 0.507 e. The molecule has 0 aliphatic rings. The average molecular weight is 1030 g/mol. The number of nitrogens with zero attached hydrogens (tertiary/aromatic N) is 8. The number of aromatic hydroxyl groups is 4. The van der Waals surface area contributed by atoms with E-state index in [0.717, 1.165) is 48.5 Å². The Labute approximate surface area is 416 Å². The van der Waals surface area contributed by atoms with E-state index in [1.165, 1.54) is 73.1 Å². The van der Waals surface area contributed by atoms with Gasteiger partial charge >= 0.3 is 29.6 Å². The molecule has 0 aliphatic heterocycles. The zero-order valence-electron chi connectivity index (χ0n) is 33.3. The van der Waals surface area contributed by atoms with E-state index < -0.39 is 29.9 Å². The quantitative estimate of drug-likeness (QED) is 0.0272. The molecule has 0 heterocycles. The molecule has 0 bridgehead atoms. The molecule has 66 heavy (non-hydrogen) atoms. The predicted octanol–water partition coefficient (Wildman–Crippen LogP) is 5.95. The maximum absolute atomic E-state index is 11.5. The molecule has 0 unspecified atom stereocenters. The van der Waals surface area contributed by atoms with Crippen LogP contribution in [0.2, 0.25) is 10.0 Å². The van der Waals surface area contributed by atoms with Crippen LogP contribution >= 0.6 is 23.2 Å². The van der Waals surface area contributed by atoms with Crippen molar-refractivity contribution < 1.29 is 94.0 Å². The van der Waals surface area contributed by atoms with Gasteiger partial charge in [0, 0.05) is 65.2 Å². The normalized spacial score (nSPS) is 11.6. The zero-order valence-corrected chi connectivity index (χ0v) is 39.7. The van der Waals surface area contributed by atoms with Crippen LogP contribution in [0, 0.1) is 20.2 Å². The van der Waals surface area contributed by atoms with Gasteiger partial charge < -0.3 is 20.4 Å². The largest absolute Gasteiger partial charge is 1.00 e. The van der Waals surface area contributed by atoms with Gasteiger partial charge in [0.05, 0.1) is 41.1 Å². The summed E-state index contributed by atoms with van der Waals surface area (Å²) >= 11 is 12.0. The SMILES string of the molecule is NS(=O)(=O)c1ccc(O)c(N=Cc2cc(N=Nc3ccc([N+](=O)[O-])cc3Cl)ccc2O)c1.NS(=O)(=O)c1ccc(O)c(N=Cc2cc(N=Nc3ccc([N+](=O)[O-])cc3Cl)ccc2O)c1.[Cr].[Na+]. The molecule has 6 aromatic rings. The van der Waals surface area contributed by atoms with Crippen molar-refractivity contribution in [1.29, 1.82) is 0 Å². The Hall–Kier alpha value is -6.21. The third-order valence-electron chi connectivity index (χ3n) is 8.09. The monoisotopic (exact) mass is 1030 g/mol. The molecule has 0 spiro atoms. The van der Waals surface area contributed by atoms with Gasteiger partial charge in [-0.05, 0) is 84.9 Å². The second kappa shape index (κ2) is 23.3. The summed E-state index contributed by atoms with van der Waals surface area (Å²) in [6, 6.07) is 22.5. The van der Waals surface area contributed by atoms with E-state index in [0.29, 0.717) is 11.4 Å². The molecule has 0 fully saturated rings. The summed E-state index contributed by atoms with van der Waals surface area (Å²) in [5.74, 6) is -0.917. The van der Waals surface area contributed by atoms with Crippen LogP contribution in [0.5, 0.6) is 23.0 Å². The number of nitro benzene ring substituents is 2. The van der Waals surface area contributed by atoms with Crippen molar-refractivity contribution in [2.75, 3.05) is 0 Å². The number of primary sulfonamides is 2. The molecular weight excluding hydrogens is 999 g/mol. The molecule has 28 heteroatoms. The van der Waals surface area contributed by atoms with Crippen molar-refractivity contribution in [2.45, 2.75) is 9.79 Å². The van der Waals surface area contributed by atoms with Crippen molar-refractivity contribution in [2.24, 2.45) is 40.7 Å². The molecule has 6 rings (SSSR count). The summed E-state index contributed by atoms with van der Waals surface area (Å²) < 4.78 is 45.9. The van der Waals surface area contributed by atoms with E-state index in [4.69, 9.17) is 33.5 Å². The average Bonchev–Trinajstić information content (AvgIpc) is 3.23. The van der Waals surface area contributed by atoms with Crippen LogP contribution in [0.4, 0.5) is 45.5 Å². The molecule has 0 aromatic heterocycles. The van der Waals surface area contributed by atoms with Gasteiger partial charge in [-0.1, -0.05) is 23.2 Å². The summed E-state index contributed by atoms with van der Waals surface area (Å²) in [6.45, 7) is 0. The van der Waals surface area contributed by atoms with E-state index in [2.05, 4.69) is 30.4 Å². The van der Waals surface area contributed by atoms with Gasteiger partial charge in [-0.15, -0.1) is 10.2 Å². The number of phenolic OH excluding ortho intramolecular Hbond substituents is 4. The Morgan fingerprint density at radius 2 is 0.848 bits per heavy atom. The minimum atomic E-state index is -3.99. The second-order valence-electron chi connectivity index (χ2n) is 12.6. The second-order valence-corrected chi connectivity index (χ2v) is 16.5. The number of sulfonamides is 2. The number of rotatable bonds is 12. The number of non-ortho nitro benzene ring substituents is 2. The van der Waals surface area contributed by atoms with E-state index in [9.17, 15) is 57.5 Å². The van der Waals surface area contributed by atoms with E-state index in [1.54, 1.807) is 0 Å². The summed E-state index contributed by atoms with van der Waals surface area (Å²) in [5, 5.41) is 87.5. The van der Waals surface area contributed by atoms with E-state index >= 15 is 0 Å². The molecule has 22 nitrogen and oxygen atoms in total. The Morgan fingerprint density at radius 3 is 1.17 bits per heavy atom. The van der Waals surface area contributed by atoms with Crippen LogP contribution in [0.1, 0.15) is 11.1 Å². The number of hydrogen-bond donors (Lipinski definition) is 6. The third kappa shape index (κ3) is 14.9. The molecule has 0 amide bonds. The van der Waals surface area contributed by atoms with E-state index in [-0.39, 0.29) is 135 Å². The molecule has 0 aliphatic carbocycles. The minimum Gasteiger partial charge on any atom is -0.507 e. The van der Waals surface area contributed by atoms with Gasteiger partial charge in [-0.25, -0.2) is 27.1 Å². The first kappa shape index (κ1) is 54.1. The molecule has 6 aromatic carbocycles. The first-order valence-corrected chi connectivity index (χ1v) is 21.1. The Kier molecular flexibility index (Phi) is 19.1. The van der Waals surface area contributed by atoms with Crippen LogP contribution in [0.3, 0.4) is 0 Å². The molecular formula is C38H28Cl2CrN10NaO12S2+. The fourth-order valence-corrected chi connectivity index (χ4v) is 6.36. The first-order valence-electron chi connectivity index (χ1n) is 17.3. The molecule has 0 saturated heterocycles. The predicted molar refractivity (Wildman–Crippen MR) is 234 cm³/mol. The molecule has 0 atom stereocenters. The Balaban J connectivity index is 0.000000340. The zero-order chi connectivity index (χ0) is 46.9. The number of nitrogens with two attached hydrogens (primary N) is 2. The molecule has 334 valence electrons. The maximum Gasteiger partial charge on any atom is 1.00 e. The number of nitro groups is 2. The van der Waals surface area contributed by atoms with E-state index in [1.807, 2.05) is 0 Å². The van der Waals surface area contributed by atoms with Crippen LogP contribution in [-0.4, -0.2) is 59.5 Å². The molecule has 8 N–H and O–H groups in total. The number of aliphatic imine (C=N–C) groups is 2. The Bertz CT molecular complexity index is 2970. The number of benzene rings is 6. The van der Waals surface area contributed by atoms with Gasteiger partial charge in [-0.3, -0.25) is 30.2 Å². The number of azo groups is 2. The van der Waals surface area contributed by atoms with Gasteiger partial charge in [0.15, 0.2) is 0 Å². The topological polar surface area (TPSA) is 362 Å². The summed E-state index contributed by atoms with van der Waals surface area (Å²) in [4.78, 5) is 27.9. The Morgan fingerprint density at radius 1 is 0.500 bits per heavy atom. The van der Waals surface area contributed by atoms with Crippen molar-refractivity contribution in [3.05, 3.63) is 151 Å². The maximum atomic E-state index is 11.5. The summed E-state index contributed by atoms with van der Waals surface area (Å²) in [7, 11) is -7.99. The van der Waals surface area contributed by atoms with Crippen LogP contribution in [0.25, 0.3) is 0 Å². The van der Waals surface area contributed by atoms with Crippen molar-refractivity contribution in [1.82, 2.24) is 0 Å². The summed E-state index contributed by atoms with van der Waals surface area (Å²) in [6.07, 6.45) is 2.38. The van der Waals surface area contributed by atoms with Gasteiger partial charge in [0.1, 0.15) is 45.7 Å². The van der Waals surface area contributed by atoms with Crippen molar-refractivity contribution in [3.63, 3.8) is 0 Å². The van der Waals surface area contributed by atoms with Crippen LogP contribution in [0.15, 0.2) is 149 Å². The number of hydrogen-bond acceptors (Lipinski definition) is 18. The summed E-state index contributed by atoms with van der Waals surface area (Å²) in [5.41, 5.74) is 0.825. The minimum absolute atomic E-state index is 0. The standard InChI is InChI=1S/2C19H14ClN5O6S.Cr.Na/c2*20-15-8-13(25(28)29)2-4-16(15)24-23-12-1-5-18(26)11(7-12)10-22-17-9-14(32(21,30)31)3-6-19(17)27;;/h2*1-10,26-27H,(H2,21,30,31);;/q;;;+1. The van der Waals surface area contributed by atoms with Crippen LogP contribution in [-0.2, 0) is 37.4 Å². The number of phenols is 4. The van der Waals surface area contributed by atoms with Gasteiger partial charge in [-0.2, -0.15) is 10.2 Å². The van der Waals surface area contributed by atoms with Gasteiger partial charge in [0.2, 0.25) is 20.0 Å². The number of halogens is 2. The fourth-order valence-electron chi connectivity index (χ4n) is 4.86. The van der Waals surface area contributed by atoms with Crippen molar-refractivity contribution >= 4 is 101 Å². The van der Waals surface area contributed by atoms with Crippen LogP contribution < -0.4 is 39.8 Å². The van der Waals surface area contributed by atoms with Gasteiger partial charge in [0.25, 0.3) is 11.4 Å². The molecule has 0 saturated carbocycles. The molecule has 0 radical (unpaired) electrons. The first-order chi connectivity index (χ1) is 30.1. The third-order valence-corrected chi connectivity index (χ3v) is 10.5. The fraction of sp³-hybridized carbons (Fsp3) is 0.